The van der Waals surface area contributed by atoms with Crippen molar-refractivity contribution in [3.63, 3.8) is 0 Å². The molecule has 1 unspecified atom stereocenters. The van der Waals surface area contributed by atoms with Crippen molar-refractivity contribution in [2.45, 2.75) is 32.4 Å². The van der Waals surface area contributed by atoms with Gasteiger partial charge in [-0.25, -0.2) is 4.79 Å². The van der Waals surface area contributed by atoms with Crippen LogP contribution >= 0.6 is 0 Å². The largest absolute Gasteiger partial charge is 0.336 e. The Kier molecular flexibility index (Phi) is 3.54. The summed E-state index contributed by atoms with van der Waals surface area (Å²) in [4.78, 5) is 13.4. The second-order valence-electron chi connectivity index (χ2n) is 3.82. The van der Waals surface area contributed by atoms with E-state index < -0.39 is 0 Å². The van der Waals surface area contributed by atoms with Gasteiger partial charge in [-0.3, -0.25) is 0 Å². The van der Waals surface area contributed by atoms with E-state index in [2.05, 4.69) is 10.6 Å². The summed E-state index contributed by atoms with van der Waals surface area (Å²) in [6.07, 6.45) is 1.06. The third kappa shape index (κ3) is 2.88. The molecular weight excluding hydrogens is 166 g/mol. The molecule has 1 heterocycles. The minimum atomic E-state index is 0.0627. The predicted molar refractivity (Wildman–Crippen MR) is 52.7 cm³/mol. The van der Waals surface area contributed by atoms with Crippen LogP contribution in [0.1, 0.15) is 20.3 Å². The van der Waals surface area contributed by atoms with E-state index in [4.69, 9.17) is 0 Å². The van der Waals surface area contributed by atoms with Crippen LogP contribution < -0.4 is 10.6 Å². The molecule has 4 heteroatoms. The first kappa shape index (κ1) is 10.3. The maximum atomic E-state index is 11.5. The summed E-state index contributed by atoms with van der Waals surface area (Å²) < 4.78 is 0. The Balaban J connectivity index is 2.33. The van der Waals surface area contributed by atoms with Crippen LogP contribution in [0.25, 0.3) is 0 Å². The van der Waals surface area contributed by atoms with Gasteiger partial charge in [0, 0.05) is 25.2 Å². The molecular formula is C9H19N3O. The van der Waals surface area contributed by atoms with Crippen LogP contribution in [-0.2, 0) is 0 Å². The highest BCUT2D eigenvalue weighted by Crippen LogP contribution is 2.08. The number of urea groups is 1. The van der Waals surface area contributed by atoms with Crippen molar-refractivity contribution >= 4 is 6.03 Å². The van der Waals surface area contributed by atoms with Crippen molar-refractivity contribution < 1.29 is 4.79 Å². The Hall–Kier alpha value is -0.770. The van der Waals surface area contributed by atoms with E-state index in [1.54, 1.807) is 0 Å². The van der Waals surface area contributed by atoms with E-state index in [-0.39, 0.29) is 12.1 Å². The number of likely N-dealkylation sites (N-methyl/N-ethyl adjacent to an activating group) is 1. The zero-order valence-electron chi connectivity index (χ0n) is 8.63. The van der Waals surface area contributed by atoms with Crippen LogP contribution in [0, 0.1) is 0 Å². The van der Waals surface area contributed by atoms with E-state index in [0.717, 1.165) is 19.5 Å². The molecule has 0 spiro atoms. The molecule has 13 heavy (non-hydrogen) atoms. The van der Waals surface area contributed by atoms with Crippen molar-refractivity contribution in [1.29, 1.82) is 0 Å². The normalized spacial score (nSPS) is 22.5. The lowest BCUT2D eigenvalue weighted by molar-refractivity contribution is 0.205. The minimum absolute atomic E-state index is 0.0627. The SMILES string of the molecule is CNC1CCN(C(=O)NC(C)C)C1. The number of carbonyl (C=O) groups is 1. The zero-order valence-corrected chi connectivity index (χ0v) is 8.63. The third-order valence-electron chi connectivity index (χ3n) is 2.30. The number of likely N-dealkylation sites (tertiary alicyclic amines) is 1. The lowest BCUT2D eigenvalue weighted by Crippen LogP contribution is -2.42. The van der Waals surface area contributed by atoms with E-state index in [1.807, 2.05) is 25.8 Å². The molecule has 0 aromatic heterocycles. The third-order valence-corrected chi connectivity index (χ3v) is 2.30. The summed E-state index contributed by atoms with van der Waals surface area (Å²) >= 11 is 0. The van der Waals surface area contributed by atoms with Crippen molar-refractivity contribution in [2.75, 3.05) is 20.1 Å². The number of nitrogens with zero attached hydrogens (tertiary/aromatic N) is 1. The number of hydrogen-bond acceptors (Lipinski definition) is 2. The molecule has 4 nitrogen and oxygen atoms in total. The molecule has 1 rings (SSSR count). The highest BCUT2D eigenvalue weighted by atomic mass is 16.2. The van der Waals surface area contributed by atoms with Gasteiger partial charge in [0.25, 0.3) is 0 Å². The number of nitrogens with one attached hydrogen (secondary N) is 2. The van der Waals surface area contributed by atoms with Crippen LogP contribution in [0.4, 0.5) is 4.79 Å². The van der Waals surface area contributed by atoms with Gasteiger partial charge >= 0.3 is 6.03 Å². The van der Waals surface area contributed by atoms with Gasteiger partial charge in [0.1, 0.15) is 0 Å². The van der Waals surface area contributed by atoms with Crippen molar-refractivity contribution in [3.8, 4) is 0 Å². The van der Waals surface area contributed by atoms with Gasteiger partial charge in [0.15, 0.2) is 0 Å². The van der Waals surface area contributed by atoms with Crippen LogP contribution in [-0.4, -0.2) is 43.2 Å². The standard InChI is InChI=1S/C9H19N3O/c1-7(2)11-9(13)12-5-4-8(6-12)10-3/h7-8,10H,4-6H2,1-3H3,(H,11,13). The zero-order chi connectivity index (χ0) is 9.84. The molecule has 1 aliphatic heterocycles. The van der Waals surface area contributed by atoms with Gasteiger partial charge in [-0.2, -0.15) is 0 Å². The number of amides is 2. The average molecular weight is 185 g/mol. The van der Waals surface area contributed by atoms with Gasteiger partial charge < -0.3 is 15.5 Å². The van der Waals surface area contributed by atoms with Gasteiger partial charge in [0.2, 0.25) is 0 Å². The van der Waals surface area contributed by atoms with Crippen LogP contribution in [0.2, 0.25) is 0 Å². The fourth-order valence-electron chi connectivity index (χ4n) is 1.52. The average Bonchev–Trinajstić information content (AvgIpc) is 2.50. The smallest absolute Gasteiger partial charge is 0.317 e. The van der Waals surface area contributed by atoms with E-state index in [9.17, 15) is 4.79 Å². The Morgan fingerprint density at radius 1 is 1.54 bits per heavy atom. The van der Waals surface area contributed by atoms with E-state index in [1.165, 1.54) is 0 Å². The van der Waals surface area contributed by atoms with Crippen molar-refractivity contribution in [1.82, 2.24) is 15.5 Å². The summed E-state index contributed by atoms with van der Waals surface area (Å²) in [5.74, 6) is 0. The summed E-state index contributed by atoms with van der Waals surface area (Å²) in [7, 11) is 1.94. The second-order valence-corrected chi connectivity index (χ2v) is 3.82. The van der Waals surface area contributed by atoms with Crippen molar-refractivity contribution in [2.24, 2.45) is 0 Å². The van der Waals surface area contributed by atoms with Crippen LogP contribution in [0.3, 0.4) is 0 Å². The van der Waals surface area contributed by atoms with Gasteiger partial charge in [-0.05, 0) is 27.3 Å². The quantitative estimate of drug-likeness (QED) is 0.654. The highest BCUT2D eigenvalue weighted by Gasteiger charge is 2.24. The first-order valence-electron chi connectivity index (χ1n) is 4.86. The number of rotatable bonds is 2. The summed E-state index contributed by atoms with van der Waals surface area (Å²) in [5.41, 5.74) is 0. The molecule has 76 valence electrons. The Labute approximate surface area is 79.7 Å². The fourth-order valence-corrected chi connectivity index (χ4v) is 1.52. The molecule has 1 fully saturated rings. The Bertz CT molecular complexity index is 182. The Morgan fingerprint density at radius 2 is 2.23 bits per heavy atom. The molecule has 1 atom stereocenters. The fraction of sp³-hybridized carbons (Fsp3) is 0.889. The molecule has 2 N–H and O–H groups in total. The van der Waals surface area contributed by atoms with E-state index in [0.29, 0.717) is 6.04 Å². The molecule has 0 saturated carbocycles. The van der Waals surface area contributed by atoms with Crippen LogP contribution in [0.15, 0.2) is 0 Å². The number of carbonyl (C=O) groups excluding carboxylic acids is 1. The Morgan fingerprint density at radius 3 is 2.69 bits per heavy atom. The first-order valence-corrected chi connectivity index (χ1v) is 4.86. The molecule has 0 aromatic carbocycles. The molecule has 2 amide bonds. The molecule has 0 aliphatic carbocycles. The van der Waals surface area contributed by atoms with Crippen molar-refractivity contribution in [3.05, 3.63) is 0 Å². The van der Waals surface area contributed by atoms with Crippen LogP contribution in [0.5, 0.6) is 0 Å². The topological polar surface area (TPSA) is 44.4 Å². The molecule has 1 saturated heterocycles. The predicted octanol–water partition coefficient (Wildman–Crippen LogP) is 0.398. The van der Waals surface area contributed by atoms with Gasteiger partial charge in [-0.15, -0.1) is 0 Å². The minimum Gasteiger partial charge on any atom is -0.336 e. The molecule has 0 aromatic rings. The maximum absolute atomic E-state index is 11.5. The molecule has 0 bridgehead atoms. The highest BCUT2D eigenvalue weighted by molar-refractivity contribution is 5.74. The second kappa shape index (κ2) is 4.46. The van der Waals surface area contributed by atoms with Gasteiger partial charge in [-0.1, -0.05) is 0 Å². The monoisotopic (exact) mass is 185 g/mol. The summed E-state index contributed by atoms with van der Waals surface area (Å²) in [5, 5.41) is 6.07. The van der Waals surface area contributed by atoms with E-state index >= 15 is 0 Å². The summed E-state index contributed by atoms with van der Waals surface area (Å²) in [6, 6.07) is 0.756. The lowest BCUT2D eigenvalue weighted by Gasteiger charge is -2.18. The first-order chi connectivity index (χ1) is 6.13. The summed E-state index contributed by atoms with van der Waals surface area (Å²) in [6.45, 7) is 5.65. The van der Waals surface area contributed by atoms with Gasteiger partial charge in [0.05, 0.1) is 0 Å². The molecule has 0 radical (unpaired) electrons. The lowest BCUT2D eigenvalue weighted by atomic mass is 10.3. The maximum Gasteiger partial charge on any atom is 0.317 e. The number of hydrogen-bond donors (Lipinski definition) is 2. The molecule has 1 aliphatic rings.